The minimum absolute atomic E-state index is 0.123. The molecule has 8 nitrogen and oxygen atoms in total. The second kappa shape index (κ2) is 8.52. The first-order chi connectivity index (χ1) is 15.7. The number of carbonyl (C=O) groups is 2. The van der Waals surface area contributed by atoms with Gasteiger partial charge in [-0.1, -0.05) is 18.2 Å². The summed E-state index contributed by atoms with van der Waals surface area (Å²) in [4.78, 5) is 25.0. The van der Waals surface area contributed by atoms with E-state index in [1.807, 2.05) is 6.07 Å². The van der Waals surface area contributed by atoms with Crippen LogP contribution < -0.4 is 19.6 Å². The molecule has 0 bridgehead atoms. The maximum atomic E-state index is 12.6. The van der Waals surface area contributed by atoms with Crippen molar-refractivity contribution in [2.24, 2.45) is 5.10 Å². The van der Waals surface area contributed by atoms with Crippen LogP contribution in [0.25, 0.3) is 0 Å². The average molecular weight is 430 g/mol. The Kier molecular flexibility index (Phi) is 5.27. The number of hydrogen-bond acceptors (Lipinski definition) is 7. The van der Waals surface area contributed by atoms with E-state index in [1.165, 1.54) is 6.21 Å². The van der Waals surface area contributed by atoms with Crippen molar-refractivity contribution in [2.75, 3.05) is 6.79 Å². The van der Waals surface area contributed by atoms with Gasteiger partial charge in [-0.3, -0.25) is 4.79 Å². The summed E-state index contributed by atoms with van der Waals surface area (Å²) in [6.45, 7) is 1.19. The molecule has 0 aliphatic carbocycles. The molecular weight excluding hydrogens is 412 g/mol. The van der Waals surface area contributed by atoms with Crippen LogP contribution in [0.15, 0.2) is 65.8 Å². The van der Waals surface area contributed by atoms with Crippen molar-refractivity contribution >= 4 is 18.1 Å². The van der Waals surface area contributed by atoms with E-state index in [9.17, 15) is 9.59 Å². The Morgan fingerprint density at radius 3 is 2.66 bits per heavy atom. The number of nitrogens with zero attached hydrogens (tertiary/aromatic N) is 1. The van der Waals surface area contributed by atoms with Crippen LogP contribution >= 0.6 is 0 Å². The third kappa shape index (κ3) is 4.03. The molecule has 0 saturated heterocycles. The number of amides is 1. The second-order valence-corrected chi connectivity index (χ2v) is 7.17. The molecule has 1 amide bonds. The number of para-hydroxylation sites is 1. The molecule has 0 unspecified atom stereocenters. The molecule has 0 aromatic heterocycles. The van der Waals surface area contributed by atoms with Crippen LogP contribution in [-0.4, -0.2) is 24.9 Å². The maximum absolute atomic E-state index is 12.6. The molecule has 0 atom stereocenters. The Morgan fingerprint density at radius 2 is 1.72 bits per heavy atom. The van der Waals surface area contributed by atoms with Crippen LogP contribution in [0.5, 0.6) is 17.2 Å². The predicted molar refractivity (Wildman–Crippen MR) is 114 cm³/mol. The summed E-state index contributed by atoms with van der Waals surface area (Å²) in [7, 11) is 0. The molecule has 0 saturated carbocycles. The number of carbonyl (C=O) groups excluding carboxylic acids is 2. The smallest absolute Gasteiger partial charge is 0.343 e. The van der Waals surface area contributed by atoms with E-state index in [1.54, 1.807) is 54.6 Å². The minimum atomic E-state index is -0.548. The highest BCUT2D eigenvalue weighted by atomic mass is 16.7. The number of esters is 1. The van der Waals surface area contributed by atoms with Gasteiger partial charge in [0, 0.05) is 11.1 Å². The van der Waals surface area contributed by atoms with Crippen molar-refractivity contribution in [3.05, 3.63) is 88.5 Å². The Labute approximate surface area is 183 Å². The van der Waals surface area contributed by atoms with E-state index in [0.29, 0.717) is 47.2 Å². The van der Waals surface area contributed by atoms with E-state index in [-0.39, 0.29) is 12.7 Å². The van der Waals surface area contributed by atoms with Gasteiger partial charge in [0.1, 0.15) is 5.75 Å². The Balaban J connectivity index is 1.26. The number of nitrogens with one attached hydrogen (secondary N) is 1. The molecule has 5 rings (SSSR count). The zero-order valence-corrected chi connectivity index (χ0v) is 16.9. The van der Waals surface area contributed by atoms with E-state index >= 15 is 0 Å². The average Bonchev–Trinajstić information content (AvgIpc) is 3.48. The monoisotopic (exact) mass is 430 g/mol. The van der Waals surface area contributed by atoms with Crippen molar-refractivity contribution in [3.63, 3.8) is 0 Å². The minimum Gasteiger partial charge on any atom is -0.454 e. The van der Waals surface area contributed by atoms with Gasteiger partial charge in [0.25, 0.3) is 5.91 Å². The van der Waals surface area contributed by atoms with Gasteiger partial charge in [0.2, 0.25) is 6.79 Å². The zero-order valence-electron chi connectivity index (χ0n) is 16.9. The molecule has 3 aromatic carbocycles. The van der Waals surface area contributed by atoms with Crippen LogP contribution in [0.3, 0.4) is 0 Å². The molecule has 2 aliphatic heterocycles. The zero-order chi connectivity index (χ0) is 21.9. The van der Waals surface area contributed by atoms with Gasteiger partial charge in [-0.2, -0.15) is 5.10 Å². The van der Waals surface area contributed by atoms with E-state index in [2.05, 4.69) is 10.5 Å². The highest BCUT2D eigenvalue weighted by Gasteiger charge is 2.18. The Bertz CT molecular complexity index is 1240. The summed E-state index contributed by atoms with van der Waals surface area (Å²) in [5, 5.41) is 4.02. The molecule has 32 heavy (non-hydrogen) atoms. The second-order valence-electron chi connectivity index (χ2n) is 7.17. The largest absolute Gasteiger partial charge is 0.454 e. The van der Waals surface area contributed by atoms with Crippen LogP contribution in [0, 0.1) is 0 Å². The summed E-state index contributed by atoms with van der Waals surface area (Å²) in [6.07, 6.45) is 1.43. The number of rotatable bonds is 5. The van der Waals surface area contributed by atoms with Crippen LogP contribution in [-0.2, 0) is 18.0 Å². The molecule has 160 valence electrons. The summed E-state index contributed by atoms with van der Waals surface area (Å²) in [6, 6.07) is 17.1. The predicted octanol–water partition coefficient (Wildman–Crippen LogP) is 3.43. The highest BCUT2D eigenvalue weighted by Crippen LogP contribution is 2.33. The van der Waals surface area contributed by atoms with Crippen LogP contribution in [0.2, 0.25) is 0 Å². The van der Waals surface area contributed by atoms with E-state index in [0.717, 1.165) is 11.1 Å². The van der Waals surface area contributed by atoms with Crippen molar-refractivity contribution < 1.29 is 28.5 Å². The van der Waals surface area contributed by atoms with Crippen molar-refractivity contribution in [1.29, 1.82) is 0 Å². The van der Waals surface area contributed by atoms with Crippen molar-refractivity contribution in [1.82, 2.24) is 5.43 Å². The summed E-state index contributed by atoms with van der Waals surface area (Å²) >= 11 is 0. The number of hydrogen-bond donors (Lipinski definition) is 1. The van der Waals surface area contributed by atoms with Gasteiger partial charge in [0.15, 0.2) is 11.5 Å². The van der Waals surface area contributed by atoms with Crippen LogP contribution in [0.4, 0.5) is 0 Å². The molecule has 0 radical (unpaired) electrons. The summed E-state index contributed by atoms with van der Waals surface area (Å²) in [5.74, 6) is 0.498. The summed E-state index contributed by atoms with van der Waals surface area (Å²) in [5.41, 5.74) is 5.94. The molecule has 3 aromatic rings. The Morgan fingerprint density at radius 1 is 0.906 bits per heavy atom. The maximum Gasteiger partial charge on any atom is 0.343 e. The molecule has 1 N–H and O–H groups in total. The van der Waals surface area contributed by atoms with E-state index < -0.39 is 5.97 Å². The molecule has 8 heteroatoms. The fourth-order valence-electron chi connectivity index (χ4n) is 3.40. The lowest BCUT2D eigenvalue weighted by molar-refractivity contribution is 0.0733. The quantitative estimate of drug-likeness (QED) is 0.288. The number of ether oxygens (including phenoxy) is 4. The number of hydrazone groups is 1. The van der Waals surface area contributed by atoms with Crippen molar-refractivity contribution in [3.8, 4) is 17.2 Å². The normalized spacial score (nSPS) is 13.8. The lowest BCUT2D eigenvalue weighted by Crippen LogP contribution is -2.18. The number of benzene rings is 3. The standard InChI is InChI=1S/C24H18N2O6/c27-23(15-5-6-18-12-29-13-19(18)9-15)26-25-11-17-3-1-2-4-20(17)32-24(28)16-7-8-21-22(10-16)31-14-30-21/h1-11H,12-14H2,(H,26,27)/b25-11-. The molecule has 2 aliphatic rings. The van der Waals surface area contributed by atoms with Crippen molar-refractivity contribution in [2.45, 2.75) is 13.2 Å². The first-order valence-electron chi connectivity index (χ1n) is 9.91. The van der Waals surface area contributed by atoms with Gasteiger partial charge in [-0.05, 0) is 53.6 Å². The lowest BCUT2D eigenvalue weighted by Gasteiger charge is -2.08. The molecular formula is C24H18N2O6. The molecule has 2 heterocycles. The van der Waals surface area contributed by atoms with Gasteiger partial charge in [0.05, 0.1) is 25.0 Å². The Hall–Kier alpha value is -4.17. The molecule has 0 spiro atoms. The fourth-order valence-corrected chi connectivity index (χ4v) is 3.40. The van der Waals surface area contributed by atoms with Gasteiger partial charge in [-0.25, -0.2) is 10.2 Å². The van der Waals surface area contributed by atoms with Gasteiger partial charge < -0.3 is 18.9 Å². The van der Waals surface area contributed by atoms with Crippen LogP contribution in [0.1, 0.15) is 37.4 Å². The lowest BCUT2D eigenvalue weighted by atomic mass is 10.1. The third-order valence-corrected chi connectivity index (χ3v) is 5.08. The summed E-state index contributed by atoms with van der Waals surface area (Å²) < 4.78 is 21.5. The third-order valence-electron chi connectivity index (χ3n) is 5.08. The van der Waals surface area contributed by atoms with Gasteiger partial charge in [-0.15, -0.1) is 0 Å². The SMILES string of the molecule is O=C(N/N=C\c1ccccc1OC(=O)c1ccc2c(c1)OCO2)c1ccc2c(c1)COC2. The van der Waals surface area contributed by atoms with Gasteiger partial charge >= 0.3 is 5.97 Å². The topological polar surface area (TPSA) is 95.5 Å². The highest BCUT2D eigenvalue weighted by molar-refractivity contribution is 5.96. The van der Waals surface area contributed by atoms with E-state index in [4.69, 9.17) is 18.9 Å². The first kappa shape index (κ1) is 19.8. The first-order valence-corrected chi connectivity index (χ1v) is 9.91. The molecule has 0 fully saturated rings. The fraction of sp³-hybridized carbons (Fsp3) is 0.125. The number of fused-ring (bicyclic) bond motifs is 2.